The highest BCUT2D eigenvalue weighted by Crippen LogP contribution is 2.22. The van der Waals surface area contributed by atoms with E-state index in [4.69, 9.17) is 0 Å². The molecule has 0 spiro atoms. The van der Waals surface area contributed by atoms with E-state index in [2.05, 4.69) is 10.3 Å². The summed E-state index contributed by atoms with van der Waals surface area (Å²) in [5, 5.41) is 3.15. The molecular weight excluding hydrogens is 239 g/mol. The molecule has 88 valence electrons. The molecular formula is C12H11FN2OS. The van der Waals surface area contributed by atoms with Gasteiger partial charge in [0.25, 0.3) is 0 Å². The lowest BCUT2D eigenvalue weighted by Crippen LogP contribution is -2.04. The van der Waals surface area contributed by atoms with E-state index in [-0.39, 0.29) is 11.7 Å². The van der Waals surface area contributed by atoms with Crippen LogP contribution in [0.5, 0.6) is 0 Å². The van der Waals surface area contributed by atoms with E-state index in [1.54, 1.807) is 24.4 Å². The number of rotatable bonds is 3. The molecule has 1 N–H and O–H groups in total. The number of anilines is 1. The number of nitrogens with zero attached hydrogens (tertiary/aromatic N) is 1. The van der Waals surface area contributed by atoms with Crippen molar-refractivity contribution in [3.05, 3.63) is 46.7 Å². The lowest BCUT2D eigenvalue weighted by Gasteiger charge is -1.99. The van der Waals surface area contributed by atoms with Crippen molar-refractivity contribution in [1.29, 1.82) is 0 Å². The predicted octanol–water partition coefficient (Wildman–Crippen LogP) is 2.83. The number of benzene rings is 1. The van der Waals surface area contributed by atoms with Crippen molar-refractivity contribution in [1.82, 2.24) is 4.98 Å². The summed E-state index contributed by atoms with van der Waals surface area (Å²) in [6.45, 7) is 1.43. The number of thiazole rings is 1. The molecule has 0 bridgehead atoms. The summed E-state index contributed by atoms with van der Waals surface area (Å²) in [6, 6.07) is 6.64. The summed E-state index contributed by atoms with van der Waals surface area (Å²) in [5.74, 6) is -0.376. The average molecular weight is 250 g/mol. The monoisotopic (exact) mass is 250 g/mol. The first kappa shape index (κ1) is 11.7. The minimum atomic E-state index is -0.220. The molecule has 2 aromatic rings. The Hall–Kier alpha value is -1.75. The van der Waals surface area contributed by atoms with Crippen LogP contribution in [-0.2, 0) is 11.2 Å². The Morgan fingerprint density at radius 2 is 2.24 bits per heavy atom. The van der Waals surface area contributed by atoms with Gasteiger partial charge in [0, 0.05) is 24.4 Å². The third-order valence-electron chi connectivity index (χ3n) is 2.16. The maximum absolute atomic E-state index is 13.4. The third kappa shape index (κ3) is 3.10. The van der Waals surface area contributed by atoms with Gasteiger partial charge in [-0.2, -0.15) is 0 Å². The van der Waals surface area contributed by atoms with Crippen LogP contribution in [0.4, 0.5) is 9.52 Å². The van der Waals surface area contributed by atoms with Crippen molar-refractivity contribution >= 4 is 22.4 Å². The van der Waals surface area contributed by atoms with E-state index in [0.717, 1.165) is 4.88 Å². The highest BCUT2D eigenvalue weighted by Gasteiger charge is 2.06. The van der Waals surface area contributed by atoms with Crippen molar-refractivity contribution in [2.75, 3.05) is 5.32 Å². The molecule has 5 heteroatoms. The fourth-order valence-corrected chi connectivity index (χ4v) is 2.31. The summed E-state index contributed by atoms with van der Waals surface area (Å²) in [4.78, 5) is 15.8. The van der Waals surface area contributed by atoms with Gasteiger partial charge in [0.1, 0.15) is 5.82 Å². The molecule has 2 rings (SSSR count). The van der Waals surface area contributed by atoms with Gasteiger partial charge in [-0.1, -0.05) is 18.2 Å². The molecule has 1 amide bonds. The Morgan fingerprint density at radius 3 is 2.94 bits per heavy atom. The van der Waals surface area contributed by atoms with Gasteiger partial charge in [-0.3, -0.25) is 4.79 Å². The molecule has 17 heavy (non-hydrogen) atoms. The summed E-state index contributed by atoms with van der Waals surface area (Å²) in [6.07, 6.45) is 2.15. The standard InChI is InChI=1S/C12H11FN2OS/c1-8(16)15-12-14-7-10(17-12)6-9-4-2-3-5-11(9)13/h2-5,7H,6H2,1H3,(H,14,15,16). The topological polar surface area (TPSA) is 42.0 Å². The lowest BCUT2D eigenvalue weighted by molar-refractivity contribution is -0.114. The second-order valence-corrected chi connectivity index (χ2v) is 4.70. The molecule has 0 unspecified atom stereocenters. The van der Waals surface area contributed by atoms with Gasteiger partial charge in [-0.25, -0.2) is 9.37 Å². The van der Waals surface area contributed by atoms with Gasteiger partial charge < -0.3 is 5.32 Å². The number of nitrogens with one attached hydrogen (secondary N) is 1. The van der Waals surface area contributed by atoms with E-state index in [1.807, 2.05) is 0 Å². The van der Waals surface area contributed by atoms with Gasteiger partial charge in [0.05, 0.1) is 0 Å². The first-order valence-corrected chi connectivity index (χ1v) is 5.92. The Morgan fingerprint density at radius 1 is 1.47 bits per heavy atom. The summed E-state index contributed by atoms with van der Waals surface area (Å²) < 4.78 is 13.4. The number of hydrogen-bond donors (Lipinski definition) is 1. The predicted molar refractivity (Wildman–Crippen MR) is 65.6 cm³/mol. The molecule has 0 saturated heterocycles. The summed E-state index contributed by atoms with van der Waals surface area (Å²) in [5.41, 5.74) is 0.630. The van der Waals surface area contributed by atoms with Gasteiger partial charge in [0.15, 0.2) is 5.13 Å². The quantitative estimate of drug-likeness (QED) is 0.910. The number of amides is 1. The molecule has 3 nitrogen and oxygen atoms in total. The largest absolute Gasteiger partial charge is 0.302 e. The van der Waals surface area contributed by atoms with Crippen LogP contribution in [0, 0.1) is 5.82 Å². The Bertz CT molecular complexity index is 539. The fraction of sp³-hybridized carbons (Fsp3) is 0.167. The van der Waals surface area contributed by atoms with Crippen molar-refractivity contribution in [2.24, 2.45) is 0 Å². The first-order valence-electron chi connectivity index (χ1n) is 5.11. The van der Waals surface area contributed by atoms with Gasteiger partial charge in [-0.15, -0.1) is 11.3 Å². The van der Waals surface area contributed by atoms with Gasteiger partial charge in [0.2, 0.25) is 5.91 Å². The van der Waals surface area contributed by atoms with E-state index >= 15 is 0 Å². The van der Waals surface area contributed by atoms with E-state index in [9.17, 15) is 9.18 Å². The molecule has 1 aromatic heterocycles. The van der Waals surface area contributed by atoms with Crippen molar-refractivity contribution in [3.63, 3.8) is 0 Å². The van der Waals surface area contributed by atoms with Crippen LogP contribution in [0.15, 0.2) is 30.5 Å². The highest BCUT2D eigenvalue weighted by atomic mass is 32.1. The number of carbonyl (C=O) groups excluding carboxylic acids is 1. The number of carbonyl (C=O) groups is 1. The zero-order valence-electron chi connectivity index (χ0n) is 9.24. The molecule has 0 aliphatic carbocycles. The Kier molecular flexibility index (Phi) is 3.49. The molecule has 0 fully saturated rings. The Labute approximate surface area is 102 Å². The first-order chi connectivity index (χ1) is 8.15. The van der Waals surface area contributed by atoms with E-state index in [0.29, 0.717) is 17.1 Å². The number of hydrogen-bond acceptors (Lipinski definition) is 3. The van der Waals surface area contributed by atoms with Crippen LogP contribution < -0.4 is 5.32 Å². The minimum Gasteiger partial charge on any atom is -0.302 e. The number of halogens is 1. The molecule has 0 atom stereocenters. The second kappa shape index (κ2) is 5.05. The van der Waals surface area contributed by atoms with E-state index < -0.39 is 0 Å². The third-order valence-corrected chi connectivity index (χ3v) is 3.07. The average Bonchev–Trinajstić information content (AvgIpc) is 2.68. The summed E-state index contributed by atoms with van der Waals surface area (Å²) >= 11 is 1.36. The Balaban J connectivity index is 2.12. The van der Waals surface area contributed by atoms with Crippen molar-refractivity contribution in [2.45, 2.75) is 13.3 Å². The van der Waals surface area contributed by atoms with Crippen LogP contribution in [-0.4, -0.2) is 10.9 Å². The second-order valence-electron chi connectivity index (χ2n) is 3.58. The minimum absolute atomic E-state index is 0.156. The zero-order valence-corrected chi connectivity index (χ0v) is 10.1. The molecule has 0 aliphatic rings. The van der Waals surface area contributed by atoms with Crippen LogP contribution >= 0.6 is 11.3 Å². The van der Waals surface area contributed by atoms with Gasteiger partial charge >= 0.3 is 0 Å². The maximum Gasteiger partial charge on any atom is 0.223 e. The SMILES string of the molecule is CC(=O)Nc1ncc(Cc2ccccc2F)s1. The van der Waals surface area contributed by atoms with Crippen LogP contribution in [0.25, 0.3) is 0 Å². The van der Waals surface area contributed by atoms with Crippen LogP contribution in [0.1, 0.15) is 17.4 Å². The molecule has 0 saturated carbocycles. The highest BCUT2D eigenvalue weighted by molar-refractivity contribution is 7.15. The fourth-order valence-electron chi connectivity index (χ4n) is 1.43. The van der Waals surface area contributed by atoms with Crippen LogP contribution in [0.2, 0.25) is 0 Å². The van der Waals surface area contributed by atoms with E-state index in [1.165, 1.54) is 24.3 Å². The zero-order chi connectivity index (χ0) is 12.3. The summed E-state index contributed by atoms with van der Waals surface area (Å²) in [7, 11) is 0. The molecule has 1 heterocycles. The maximum atomic E-state index is 13.4. The van der Waals surface area contributed by atoms with Crippen LogP contribution in [0.3, 0.4) is 0 Å². The van der Waals surface area contributed by atoms with Crippen molar-refractivity contribution in [3.8, 4) is 0 Å². The molecule has 1 aromatic carbocycles. The normalized spacial score (nSPS) is 10.2. The lowest BCUT2D eigenvalue weighted by atomic mass is 10.1. The number of aromatic nitrogens is 1. The molecule has 0 aliphatic heterocycles. The molecule has 0 radical (unpaired) electrons. The van der Waals surface area contributed by atoms with Crippen molar-refractivity contribution < 1.29 is 9.18 Å². The smallest absolute Gasteiger partial charge is 0.223 e. The van der Waals surface area contributed by atoms with Gasteiger partial charge in [-0.05, 0) is 11.6 Å².